The van der Waals surface area contributed by atoms with Crippen molar-refractivity contribution in [2.24, 2.45) is 0 Å². The van der Waals surface area contributed by atoms with Gasteiger partial charge >= 0.3 is 0 Å². The van der Waals surface area contributed by atoms with Gasteiger partial charge in [-0.05, 0) is 18.4 Å². The van der Waals surface area contributed by atoms with Crippen molar-refractivity contribution in [3.63, 3.8) is 0 Å². The zero-order chi connectivity index (χ0) is 11.1. The number of oxazole rings is 1. The molecule has 0 aliphatic rings. The average molecular weight is 213 g/mol. The molecule has 1 aromatic heterocycles. The Morgan fingerprint density at radius 2 is 2.00 bits per heavy atom. The number of rotatable bonds is 1. The Morgan fingerprint density at radius 3 is 2.81 bits per heavy atom. The van der Waals surface area contributed by atoms with Gasteiger partial charge in [-0.25, -0.2) is 4.98 Å². The molecule has 0 aliphatic heterocycles. The van der Waals surface area contributed by atoms with E-state index in [1.807, 2.05) is 36.4 Å². The summed E-state index contributed by atoms with van der Waals surface area (Å²) < 4.78 is 5.58. The van der Waals surface area contributed by atoms with Gasteiger partial charge in [-0.3, -0.25) is 0 Å². The molecule has 0 spiro atoms. The van der Waals surface area contributed by atoms with Crippen LogP contribution in [0.15, 0.2) is 40.8 Å². The van der Waals surface area contributed by atoms with E-state index in [1.165, 1.54) is 0 Å². The summed E-state index contributed by atoms with van der Waals surface area (Å²) in [6.45, 7) is 1.65. The highest BCUT2D eigenvalue weighted by molar-refractivity contribution is 6.02. The van der Waals surface area contributed by atoms with Crippen LogP contribution in [0.3, 0.4) is 0 Å². The molecule has 0 radical (unpaired) electrons. The summed E-state index contributed by atoms with van der Waals surface area (Å²) >= 11 is 0. The summed E-state index contributed by atoms with van der Waals surface area (Å²) in [7, 11) is 0. The largest absolute Gasteiger partial charge is 0.437 e. The number of benzene rings is 2. The van der Waals surface area contributed by atoms with E-state index in [0.29, 0.717) is 5.89 Å². The second-order valence-corrected chi connectivity index (χ2v) is 3.86. The fourth-order valence-electron chi connectivity index (χ4n) is 1.85. The average Bonchev–Trinajstić information content (AvgIpc) is 2.73. The van der Waals surface area contributed by atoms with Crippen molar-refractivity contribution in [1.29, 1.82) is 0 Å². The molecule has 0 aliphatic carbocycles. The quantitative estimate of drug-likeness (QED) is 0.675. The van der Waals surface area contributed by atoms with Gasteiger partial charge in [0.15, 0.2) is 5.58 Å². The Balaban J connectivity index is 2.41. The fraction of sp³-hybridized carbons (Fsp3) is 0.154. The summed E-state index contributed by atoms with van der Waals surface area (Å²) in [5, 5.41) is 11.6. The van der Waals surface area contributed by atoms with E-state index in [9.17, 15) is 5.11 Å². The van der Waals surface area contributed by atoms with Crippen LogP contribution in [-0.2, 0) is 0 Å². The van der Waals surface area contributed by atoms with Crippen molar-refractivity contribution in [3.05, 3.63) is 42.3 Å². The third-order valence-electron chi connectivity index (χ3n) is 2.65. The maximum atomic E-state index is 9.44. The first-order valence-corrected chi connectivity index (χ1v) is 5.22. The second kappa shape index (κ2) is 3.32. The highest BCUT2D eigenvalue weighted by atomic mass is 16.4. The molecular formula is C13H11NO2. The molecule has 0 fully saturated rings. The standard InChI is InChI=1S/C13H11NO2/c1-8(15)13-14-11-7-6-9-4-2-3-5-10(9)12(11)16-13/h2-8,15H,1H3. The number of aromatic nitrogens is 1. The van der Waals surface area contributed by atoms with Gasteiger partial charge in [0.05, 0.1) is 0 Å². The van der Waals surface area contributed by atoms with E-state index in [1.54, 1.807) is 6.92 Å². The monoisotopic (exact) mass is 213 g/mol. The maximum absolute atomic E-state index is 9.44. The van der Waals surface area contributed by atoms with Crippen LogP contribution < -0.4 is 0 Å². The Kier molecular flexibility index (Phi) is 1.94. The van der Waals surface area contributed by atoms with Gasteiger partial charge in [0, 0.05) is 5.39 Å². The summed E-state index contributed by atoms with van der Waals surface area (Å²) in [4.78, 5) is 4.25. The van der Waals surface area contributed by atoms with Crippen LogP contribution in [0.1, 0.15) is 18.9 Å². The molecule has 1 N–H and O–H groups in total. The number of hydrogen-bond acceptors (Lipinski definition) is 3. The van der Waals surface area contributed by atoms with Crippen LogP contribution >= 0.6 is 0 Å². The third kappa shape index (κ3) is 1.29. The van der Waals surface area contributed by atoms with Gasteiger partial charge in [-0.2, -0.15) is 0 Å². The maximum Gasteiger partial charge on any atom is 0.224 e. The number of aliphatic hydroxyl groups excluding tert-OH is 1. The minimum Gasteiger partial charge on any atom is -0.437 e. The number of aliphatic hydroxyl groups is 1. The van der Waals surface area contributed by atoms with Crippen LogP contribution in [0, 0.1) is 0 Å². The van der Waals surface area contributed by atoms with Gasteiger partial charge in [-0.15, -0.1) is 0 Å². The van der Waals surface area contributed by atoms with Crippen molar-refractivity contribution < 1.29 is 9.52 Å². The molecule has 3 nitrogen and oxygen atoms in total. The van der Waals surface area contributed by atoms with Gasteiger partial charge in [-0.1, -0.05) is 30.3 Å². The topological polar surface area (TPSA) is 46.3 Å². The molecule has 0 saturated carbocycles. The summed E-state index contributed by atoms with van der Waals surface area (Å²) in [6, 6.07) is 11.9. The minimum absolute atomic E-state index is 0.367. The van der Waals surface area contributed by atoms with Crippen LogP contribution in [0.4, 0.5) is 0 Å². The first-order valence-electron chi connectivity index (χ1n) is 5.22. The molecule has 0 amide bonds. The summed E-state index contributed by atoms with van der Waals surface area (Å²) in [6.07, 6.45) is -0.675. The highest BCUT2D eigenvalue weighted by Gasteiger charge is 2.12. The number of fused-ring (bicyclic) bond motifs is 3. The van der Waals surface area contributed by atoms with E-state index in [-0.39, 0.29) is 0 Å². The van der Waals surface area contributed by atoms with E-state index < -0.39 is 6.10 Å². The molecule has 3 aromatic rings. The lowest BCUT2D eigenvalue weighted by Crippen LogP contribution is -1.88. The van der Waals surface area contributed by atoms with Crippen molar-refractivity contribution in [3.8, 4) is 0 Å². The lowest BCUT2D eigenvalue weighted by molar-refractivity contribution is 0.165. The Labute approximate surface area is 92.3 Å². The smallest absolute Gasteiger partial charge is 0.224 e. The number of hydrogen-bond donors (Lipinski definition) is 1. The third-order valence-corrected chi connectivity index (χ3v) is 2.65. The Hall–Kier alpha value is -1.87. The molecule has 0 saturated heterocycles. The molecule has 2 aromatic carbocycles. The normalized spacial score (nSPS) is 13.4. The fourth-order valence-corrected chi connectivity index (χ4v) is 1.85. The van der Waals surface area contributed by atoms with Gasteiger partial charge < -0.3 is 9.52 Å². The summed E-state index contributed by atoms with van der Waals surface area (Å²) in [5.74, 6) is 0.367. The predicted octanol–water partition coefficient (Wildman–Crippen LogP) is 3.03. The molecule has 1 atom stereocenters. The SMILES string of the molecule is CC(O)c1nc2ccc3ccccc3c2o1. The molecule has 1 heterocycles. The van der Waals surface area contributed by atoms with Gasteiger partial charge in [0.2, 0.25) is 5.89 Å². The van der Waals surface area contributed by atoms with E-state index in [2.05, 4.69) is 4.98 Å². The molecule has 0 bridgehead atoms. The molecular weight excluding hydrogens is 202 g/mol. The van der Waals surface area contributed by atoms with Crippen LogP contribution in [0.25, 0.3) is 21.9 Å². The lowest BCUT2D eigenvalue weighted by atomic mass is 10.1. The van der Waals surface area contributed by atoms with Crippen molar-refractivity contribution >= 4 is 21.9 Å². The predicted molar refractivity (Wildman–Crippen MR) is 62.1 cm³/mol. The Morgan fingerprint density at radius 1 is 1.19 bits per heavy atom. The molecule has 1 unspecified atom stereocenters. The molecule has 3 rings (SSSR count). The van der Waals surface area contributed by atoms with Crippen LogP contribution in [-0.4, -0.2) is 10.1 Å². The molecule has 16 heavy (non-hydrogen) atoms. The first-order chi connectivity index (χ1) is 7.75. The van der Waals surface area contributed by atoms with Crippen molar-refractivity contribution in [2.75, 3.05) is 0 Å². The van der Waals surface area contributed by atoms with Crippen LogP contribution in [0.5, 0.6) is 0 Å². The molecule has 80 valence electrons. The Bertz CT molecular complexity index is 655. The van der Waals surface area contributed by atoms with Crippen molar-refractivity contribution in [1.82, 2.24) is 4.98 Å². The van der Waals surface area contributed by atoms with Gasteiger partial charge in [0.1, 0.15) is 11.6 Å². The van der Waals surface area contributed by atoms with E-state index >= 15 is 0 Å². The van der Waals surface area contributed by atoms with Gasteiger partial charge in [0.25, 0.3) is 0 Å². The number of nitrogens with zero attached hydrogens (tertiary/aromatic N) is 1. The second-order valence-electron chi connectivity index (χ2n) is 3.86. The zero-order valence-corrected chi connectivity index (χ0v) is 8.84. The zero-order valence-electron chi connectivity index (χ0n) is 8.84. The highest BCUT2D eigenvalue weighted by Crippen LogP contribution is 2.27. The first kappa shape index (κ1) is 9.36. The van der Waals surface area contributed by atoms with Crippen molar-refractivity contribution in [2.45, 2.75) is 13.0 Å². The lowest BCUT2D eigenvalue weighted by Gasteiger charge is -1.96. The van der Waals surface area contributed by atoms with E-state index in [0.717, 1.165) is 21.9 Å². The van der Waals surface area contributed by atoms with Crippen LogP contribution in [0.2, 0.25) is 0 Å². The summed E-state index contributed by atoms with van der Waals surface area (Å²) in [5.41, 5.74) is 1.53. The van der Waals surface area contributed by atoms with E-state index in [4.69, 9.17) is 4.42 Å². The minimum atomic E-state index is -0.675. The molecule has 3 heteroatoms.